The predicted molar refractivity (Wildman–Crippen MR) is 84.7 cm³/mol. The Morgan fingerprint density at radius 1 is 1.43 bits per heavy atom. The lowest BCUT2D eigenvalue weighted by Gasteiger charge is -2.37. The minimum Gasteiger partial charge on any atom is -0.481 e. The number of aliphatic carboxylic acids is 1. The van der Waals surface area contributed by atoms with Crippen molar-refractivity contribution >= 4 is 21.9 Å². The highest BCUT2D eigenvalue weighted by atomic mass is 79.9. The molecular weight excluding hydrogens is 335 g/mol. The van der Waals surface area contributed by atoms with Gasteiger partial charge in [-0.1, -0.05) is 31.9 Å². The zero-order chi connectivity index (χ0) is 15.5. The number of carboxylic acids is 1. The molecule has 2 nitrogen and oxygen atoms in total. The number of carbonyl (C=O) groups is 1. The van der Waals surface area contributed by atoms with Gasteiger partial charge in [-0.3, -0.25) is 4.79 Å². The van der Waals surface area contributed by atoms with Crippen LogP contribution in [0.5, 0.6) is 0 Å². The summed E-state index contributed by atoms with van der Waals surface area (Å²) in [6.07, 6.45) is 6.05. The summed E-state index contributed by atoms with van der Waals surface area (Å²) in [6.45, 7) is 2.17. The summed E-state index contributed by atoms with van der Waals surface area (Å²) in [4.78, 5) is 11.8. The van der Waals surface area contributed by atoms with Crippen LogP contribution in [-0.2, 0) is 11.2 Å². The van der Waals surface area contributed by atoms with Crippen LogP contribution >= 0.6 is 15.9 Å². The summed E-state index contributed by atoms with van der Waals surface area (Å²) in [5.41, 5.74) is 0.0203. The van der Waals surface area contributed by atoms with Gasteiger partial charge in [-0.2, -0.15) is 0 Å². The van der Waals surface area contributed by atoms with Crippen molar-refractivity contribution in [3.05, 3.63) is 34.1 Å². The molecule has 0 atom stereocenters. The first-order valence-corrected chi connectivity index (χ1v) is 8.44. The van der Waals surface area contributed by atoms with E-state index in [4.69, 9.17) is 0 Å². The van der Waals surface area contributed by atoms with Gasteiger partial charge >= 0.3 is 5.97 Å². The van der Waals surface area contributed by atoms with Crippen LogP contribution in [0.15, 0.2) is 22.7 Å². The highest BCUT2D eigenvalue weighted by Crippen LogP contribution is 2.44. The smallest absolute Gasteiger partial charge is 0.309 e. The Hall–Kier alpha value is -0.900. The highest BCUT2D eigenvalue weighted by molar-refractivity contribution is 9.10. The third kappa shape index (κ3) is 3.65. The van der Waals surface area contributed by atoms with E-state index in [1.54, 1.807) is 6.07 Å². The molecule has 0 spiro atoms. The molecule has 0 amide bonds. The Kier molecular flexibility index (Phi) is 5.42. The standard InChI is InChI=1S/C17H22BrFO2/c1-2-4-12-7-9-17(10-8-12,16(20)21)11-13-5-3-6-14(19)15(13)18/h3,5-6,12H,2,4,7-11H2,1H3,(H,20,21). The Bertz CT molecular complexity index is 508. The van der Waals surface area contributed by atoms with Crippen LogP contribution in [0.2, 0.25) is 0 Å². The summed E-state index contributed by atoms with van der Waals surface area (Å²) in [7, 11) is 0. The van der Waals surface area contributed by atoms with Crippen molar-refractivity contribution in [2.24, 2.45) is 11.3 Å². The average molecular weight is 357 g/mol. The molecule has 0 aromatic heterocycles. The van der Waals surface area contributed by atoms with Gasteiger partial charge in [0.25, 0.3) is 0 Å². The maximum atomic E-state index is 13.6. The van der Waals surface area contributed by atoms with E-state index in [9.17, 15) is 14.3 Å². The SMILES string of the molecule is CCCC1CCC(Cc2cccc(F)c2Br)(C(=O)O)CC1. The Balaban J connectivity index is 2.17. The molecule has 2 rings (SSSR count). The van der Waals surface area contributed by atoms with Gasteiger partial charge < -0.3 is 5.11 Å². The van der Waals surface area contributed by atoms with Gasteiger partial charge in [0.05, 0.1) is 9.89 Å². The van der Waals surface area contributed by atoms with E-state index >= 15 is 0 Å². The van der Waals surface area contributed by atoms with Crippen molar-refractivity contribution in [3.63, 3.8) is 0 Å². The van der Waals surface area contributed by atoms with Gasteiger partial charge in [0, 0.05) is 0 Å². The van der Waals surface area contributed by atoms with Crippen LogP contribution in [0, 0.1) is 17.2 Å². The molecular formula is C17H22BrFO2. The van der Waals surface area contributed by atoms with Gasteiger partial charge in [0.15, 0.2) is 0 Å². The Morgan fingerprint density at radius 3 is 2.67 bits per heavy atom. The van der Waals surface area contributed by atoms with Crippen molar-refractivity contribution in [1.29, 1.82) is 0 Å². The monoisotopic (exact) mass is 356 g/mol. The quantitative estimate of drug-likeness (QED) is 0.787. The molecule has 1 aliphatic rings. The fourth-order valence-electron chi connectivity index (χ4n) is 3.44. The molecule has 21 heavy (non-hydrogen) atoms. The molecule has 0 radical (unpaired) electrons. The fraction of sp³-hybridized carbons (Fsp3) is 0.588. The topological polar surface area (TPSA) is 37.3 Å². The number of benzene rings is 1. The van der Waals surface area contributed by atoms with E-state index in [1.807, 2.05) is 6.07 Å². The molecule has 1 aliphatic carbocycles. The van der Waals surface area contributed by atoms with Crippen molar-refractivity contribution in [1.82, 2.24) is 0 Å². The first-order valence-electron chi connectivity index (χ1n) is 7.65. The Labute approximate surface area is 133 Å². The third-order valence-corrected chi connectivity index (χ3v) is 5.66. The lowest BCUT2D eigenvalue weighted by Crippen LogP contribution is -2.37. The molecule has 0 heterocycles. The van der Waals surface area contributed by atoms with E-state index in [-0.39, 0.29) is 5.82 Å². The van der Waals surface area contributed by atoms with E-state index in [1.165, 1.54) is 12.5 Å². The normalized spacial score (nSPS) is 25.8. The van der Waals surface area contributed by atoms with Gasteiger partial charge in [0.2, 0.25) is 0 Å². The third-order valence-electron chi connectivity index (χ3n) is 4.77. The van der Waals surface area contributed by atoms with Crippen LogP contribution in [0.25, 0.3) is 0 Å². The number of hydrogen-bond donors (Lipinski definition) is 1. The molecule has 0 bridgehead atoms. The van der Waals surface area contributed by atoms with Gasteiger partial charge in [0.1, 0.15) is 5.82 Å². The van der Waals surface area contributed by atoms with Crippen molar-refractivity contribution < 1.29 is 14.3 Å². The zero-order valence-electron chi connectivity index (χ0n) is 12.4. The highest BCUT2D eigenvalue weighted by Gasteiger charge is 2.42. The maximum absolute atomic E-state index is 13.6. The number of hydrogen-bond acceptors (Lipinski definition) is 1. The fourth-order valence-corrected chi connectivity index (χ4v) is 3.85. The van der Waals surface area contributed by atoms with Crippen LogP contribution in [0.1, 0.15) is 51.0 Å². The Morgan fingerprint density at radius 2 is 2.10 bits per heavy atom. The first kappa shape index (κ1) is 16.5. The van der Waals surface area contributed by atoms with E-state index in [0.717, 1.165) is 24.8 Å². The second-order valence-electron chi connectivity index (χ2n) is 6.21. The molecule has 1 N–H and O–H groups in total. The molecule has 0 aliphatic heterocycles. The second kappa shape index (κ2) is 6.91. The van der Waals surface area contributed by atoms with Crippen molar-refractivity contribution in [3.8, 4) is 0 Å². The first-order chi connectivity index (χ1) is 9.98. The summed E-state index contributed by atoms with van der Waals surface area (Å²) in [5, 5.41) is 9.72. The number of halogens is 2. The van der Waals surface area contributed by atoms with Crippen molar-refractivity contribution in [2.75, 3.05) is 0 Å². The molecule has 1 saturated carbocycles. The van der Waals surface area contributed by atoms with Gasteiger partial charge in [-0.25, -0.2) is 4.39 Å². The van der Waals surface area contributed by atoms with Gasteiger partial charge in [-0.05, 0) is 65.6 Å². The molecule has 1 aromatic rings. The van der Waals surface area contributed by atoms with Gasteiger partial charge in [-0.15, -0.1) is 0 Å². The molecule has 0 unspecified atom stereocenters. The maximum Gasteiger partial charge on any atom is 0.309 e. The minimum atomic E-state index is -0.742. The van der Waals surface area contributed by atoms with Crippen LogP contribution in [-0.4, -0.2) is 11.1 Å². The van der Waals surface area contributed by atoms with E-state index < -0.39 is 11.4 Å². The zero-order valence-corrected chi connectivity index (χ0v) is 14.0. The lowest BCUT2D eigenvalue weighted by molar-refractivity contribution is -0.151. The number of carboxylic acid groups (broad SMARTS) is 1. The van der Waals surface area contributed by atoms with Crippen molar-refractivity contribution in [2.45, 2.75) is 51.9 Å². The molecule has 116 valence electrons. The minimum absolute atomic E-state index is 0.326. The molecule has 1 fully saturated rings. The van der Waals surface area contributed by atoms with E-state index in [0.29, 0.717) is 29.7 Å². The summed E-state index contributed by atoms with van der Waals surface area (Å²) < 4.78 is 14.0. The molecule has 4 heteroatoms. The predicted octanol–water partition coefficient (Wildman–Crippen LogP) is 5.19. The average Bonchev–Trinajstić information content (AvgIpc) is 2.46. The van der Waals surface area contributed by atoms with E-state index in [2.05, 4.69) is 22.9 Å². The number of rotatable bonds is 5. The summed E-state index contributed by atoms with van der Waals surface area (Å²) >= 11 is 3.25. The molecule has 0 saturated heterocycles. The second-order valence-corrected chi connectivity index (χ2v) is 7.00. The van der Waals surface area contributed by atoms with Crippen LogP contribution in [0.3, 0.4) is 0 Å². The lowest BCUT2D eigenvalue weighted by atomic mass is 9.67. The van der Waals surface area contributed by atoms with Crippen LogP contribution < -0.4 is 0 Å². The van der Waals surface area contributed by atoms with Crippen LogP contribution in [0.4, 0.5) is 4.39 Å². The largest absolute Gasteiger partial charge is 0.481 e. The summed E-state index contributed by atoms with van der Waals surface area (Å²) in [6, 6.07) is 4.85. The summed E-state index contributed by atoms with van der Waals surface area (Å²) in [5.74, 6) is -0.417. The molecule has 1 aromatic carbocycles.